The van der Waals surface area contributed by atoms with Gasteiger partial charge in [-0.05, 0) is 38.3 Å². The Morgan fingerprint density at radius 1 is 1.48 bits per heavy atom. The minimum atomic E-state index is -0.793. The fourth-order valence-electron chi connectivity index (χ4n) is 3.22. The Labute approximate surface area is 145 Å². The highest BCUT2D eigenvalue weighted by atomic mass is 16.5. The third-order valence-corrected chi connectivity index (χ3v) is 4.66. The van der Waals surface area contributed by atoms with Gasteiger partial charge in [0.25, 0.3) is 5.89 Å². The highest BCUT2D eigenvalue weighted by Gasteiger charge is 2.42. The molecular formula is C17H22N4O4. The van der Waals surface area contributed by atoms with Crippen LogP contribution in [0.1, 0.15) is 25.1 Å². The van der Waals surface area contributed by atoms with Gasteiger partial charge in [0.2, 0.25) is 0 Å². The Balaban J connectivity index is 1.77. The number of rotatable bonds is 6. The molecule has 0 aliphatic carbocycles. The van der Waals surface area contributed by atoms with Gasteiger partial charge < -0.3 is 19.3 Å². The van der Waals surface area contributed by atoms with Gasteiger partial charge in [-0.3, -0.25) is 4.79 Å². The summed E-state index contributed by atoms with van der Waals surface area (Å²) in [7, 11) is 1.59. The van der Waals surface area contributed by atoms with Crippen LogP contribution in [0.5, 0.6) is 0 Å². The second-order valence-electron chi connectivity index (χ2n) is 6.41. The number of pyridine rings is 1. The summed E-state index contributed by atoms with van der Waals surface area (Å²) in [5.74, 6) is 0.976. The van der Waals surface area contributed by atoms with E-state index >= 15 is 0 Å². The Kier molecular flexibility index (Phi) is 4.98. The molecule has 3 heterocycles. The summed E-state index contributed by atoms with van der Waals surface area (Å²) in [4.78, 5) is 22.5. The van der Waals surface area contributed by atoms with Gasteiger partial charge in [0.1, 0.15) is 5.82 Å². The van der Waals surface area contributed by atoms with Gasteiger partial charge in [-0.1, -0.05) is 5.16 Å². The number of carboxylic acid groups (broad SMARTS) is 1. The molecule has 1 atom stereocenters. The lowest BCUT2D eigenvalue weighted by molar-refractivity contribution is -0.150. The van der Waals surface area contributed by atoms with E-state index in [1.807, 2.05) is 17.0 Å². The van der Waals surface area contributed by atoms with E-state index in [2.05, 4.69) is 15.1 Å². The van der Waals surface area contributed by atoms with E-state index in [4.69, 9.17) is 9.26 Å². The Morgan fingerprint density at radius 2 is 2.32 bits per heavy atom. The van der Waals surface area contributed by atoms with Gasteiger partial charge in [0.05, 0.1) is 11.0 Å². The number of carboxylic acids is 1. The third kappa shape index (κ3) is 3.63. The number of aryl methyl sites for hydroxylation is 1. The summed E-state index contributed by atoms with van der Waals surface area (Å²) < 4.78 is 10.2. The Bertz CT molecular complexity index is 731. The summed E-state index contributed by atoms with van der Waals surface area (Å²) in [5.41, 5.74) is -0.0525. The second-order valence-corrected chi connectivity index (χ2v) is 6.41. The molecule has 1 aliphatic heterocycles. The monoisotopic (exact) mass is 346 g/mol. The molecular weight excluding hydrogens is 324 g/mol. The molecule has 3 rings (SSSR count). The largest absolute Gasteiger partial charge is 0.481 e. The third-order valence-electron chi connectivity index (χ3n) is 4.66. The maximum Gasteiger partial charge on any atom is 0.311 e. The van der Waals surface area contributed by atoms with Crippen LogP contribution in [0.3, 0.4) is 0 Å². The average molecular weight is 346 g/mol. The molecule has 1 fully saturated rings. The van der Waals surface area contributed by atoms with Gasteiger partial charge >= 0.3 is 5.97 Å². The van der Waals surface area contributed by atoms with Crippen LogP contribution in [0.25, 0.3) is 11.5 Å². The number of aliphatic carboxylic acids is 1. The summed E-state index contributed by atoms with van der Waals surface area (Å²) in [6.45, 7) is 3.41. The van der Waals surface area contributed by atoms with Gasteiger partial charge in [-0.25, -0.2) is 4.98 Å². The Hall–Kier alpha value is -2.48. The molecule has 0 spiro atoms. The van der Waals surface area contributed by atoms with Crippen LogP contribution in [-0.2, 0) is 9.53 Å². The van der Waals surface area contributed by atoms with Crippen LogP contribution in [0, 0.1) is 12.3 Å². The van der Waals surface area contributed by atoms with E-state index in [1.165, 1.54) is 0 Å². The second kappa shape index (κ2) is 7.18. The van der Waals surface area contributed by atoms with Crippen LogP contribution in [0.15, 0.2) is 22.9 Å². The molecule has 25 heavy (non-hydrogen) atoms. The number of carbonyl (C=O) groups is 1. The van der Waals surface area contributed by atoms with Crippen molar-refractivity contribution in [1.82, 2.24) is 15.1 Å². The van der Waals surface area contributed by atoms with Crippen LogP contribution in [0.2, 0.25) is 0 Å². The predicted octanol–water partition coefficient (Wildman–Crippen LogP) is 2.15. The number of methoxy groups -OCH3 is 1. The molecule has 134 valence electrons. The van der Waals surface area contributed by atoms with Gasteiger partial charge in [0.15, 0.2) is 5.82 Å². The standard InChI is InChI=1S/C17H22N4O4/c1-12-19-15(25-20-12)13-4-5-14(18-10-13)21-8-3-6-17(11-21,16(22)23)7-9-24-2/h4-5,10H,3,6-9,11H2,1-2H3,(H,22,23). The van der Waals surface area contributed by atoms with E-state index in [9.17, 15) is 9.90 Å². The molecule has 0 bridgehead atoms. The van der Waals surface area contributed by atoms with Crippen molar-refractivity contribution in [2.75, 3.05) is 31.7 Å². The normalized spacial score (nSPS) is 20.6. The predicted molar refractivity (Wildman–Crippen MR) is 90.3 cm³/mol. The molecule has 0 radical (unpaired) electrons. The molecule has 0 amide bonds. The van der Waals surface area contributed by atoms with Crippen LogP contribution >= 0.6 is 0 Å². The topological polar surface area (TPSA) is 102 Å². The molecule has 1 N–H and O–H groups in total. The van der Waals surface area contributed by atoms with Crippen LogP contribution in [-0.4, -0.2) is 53.0 Å². The molecule has 8 nitrogen and oxygen atoms in total. The van der Waals surface area contributed by atoms with Crippen LogP contribution in [0.4, 0.5) is 5.82 Å². The minimum Gasteiger partial charge on any atom is -0.481 e. The van der Waals surface area contributed by atoms with E-state index in [-0.39, 0.29) is 0 Å². The molecule has 0 saturated carbocycles. The summed E-state index contributed by atoms with van der Waals surface area (Å²) in [5, 5.41) is 13.5. The summed E-state index contributed by atoms with van der Waals surface area (Å²) in [6.07, 6.45) is 3.63. The van der Waals surface area contributed by atoms with Crippen molar-refractivity contribution in [2.45, 2.75) is 26.2 Å². The van der Waals surface area contributed by atoms with Crippen molar-refractivity contribution in [2.24, 2.45) is 5.41 Å². The smallest absolute Gasteiger partial charge is 0.311 e. The first-order valence-electron chi connectivity index (χ1n) is 8.28. The van der Waals surface area contributed by atoms with Crippen molar-refractivity contribution in [3.63, 3.8) is 0 Å². The molecule has 2 aromatic rings. The fraction of sp³-hybridized carbons (Fsp3) is 0.529. The fourth-order valence-corrected chi connectivity index (χ4v) is 3.22. The number of hydrogen-bond donors (Lipinski definition) is 1. The van der Waals surface area contributed by atoms with E-state index < -0.39 is 11.4 Å². The first-order chi connectivity index (χ1) is 12.0. The van der Waals surface area contributed by atoms with Crippen molar-refractivity contribution in [1.29, 1.82) is 0 Å². The van der Waals surface area contributed by atoms with E-state index in [1.54, 1.807) is 20.2 Å². The number of anilines is 1. The lowest BCUT2D eigenvalue weighted by Gasteiger charge is -2.40. The number of nitrogens with zero attached hydrogens (tertiary/aromatic N) is 4. The molecule has 1 saturated heterocycles. The molecule has 1 aliphatic rings. The Morgan fingerprint density at radius 3 is 2.92 bits per heavy atom. The van der Waals surface area contributed by atoms with Crippen molar-refractivity contribution in [3.05, 3.63) is 24.2 Å². The zero-order valence-electron chi connectivity index (χ0n) is 14.4. The molecule has 1 unspecified atom stereocenters. The zero-order valence-corrected chi connectivity index (χ0v) is 14.4. The average Bonchev–Trinajstić information content (AvgIpc) is 3.06. The van der Waals surface area contributed by atoms with Gasteiger partial charge in [-0.15, -0.1) is 0 Å². The number of hydrogen-bond acceptors (Lipinski definition) is 7. The number of ether oxygens (including phenoxy) is 1. The van der Waals surface area contributed by atoms with Crippen molar-refractivity contribution < 1.29 is 19.2 Å². The summed E-state index contributed by atoms with van der Waals surface area (Å²) >= 11 is 0. The maximum absolute atomic E-state index is 11.9. The maximum atomic E-state index is 11.9. The summed E-state index contributed by atoms with van der Waals surface area (Å²) in [6, 6.07) is 3.73. The van der Waals surface area contributed by atoms with E-state index in [0.29, 0.717) is 37.7 Å². The van der Waals surface area contributed by atoms with Crippen LogP contribution < -0.4 is 4.90 Å². The first-order valence-corrected chi connectivity index (χ1v) is 8.28. The minimum absolute atomic E-state index is 0.426. The quantitative estimate of drug-likeness (QED) is 0.849. The zero-order chi connectivity index (χ0) is 17.9. The SMILES string of the molecule is COCCC1(C(=O)O)CCCN(c2ccc(-c3nc(C)no3)cn2)C1. The van der Waals surface area contributed by atoms with E-state index in [0.717, 1.165) is 24.3 Å². The first kappa shape index (κ1) is 17.3. The van der Waals surface area contributed by atoms with Crippen molar-refractivity contribution >= 4 is 11.8 Å². The number of aromatic nitrogens is 3. The van der Waals surface area contributed by atoms with Crippen molar-refractivity contribution in [3.8, 4) is 11.5 Å². The van der Waals surface area contributed by atoms with Gasteiger partial charge in [0, 0.05) is 33.0 Å². The molecule has 2 aromatic heterocycles. The number of piperidine rings is 1. The molecule has 0 aromatic carbocycles. The molecule has 8 heteroatoms. The lowest BCUT2D eigenvalue weighted by Crippen LogP contribution is -2.48. The highest BCUT2D eigenvalue weighted by molar-refractivity contribution is 5.76. The van der Waals surface area contributed by atoms with Gasteiger partial charge in [-0.2, -0.15) is 4.98 Å². The lowest BCUT2D eigenvalue weighted by atomic mass is 9.77. The highest BCUT2D eigenvalue weighted by Crippen LogP contribution is 2.35.